The van der Waals surface area contributed by atoms with E-state index in [4.69, 9.17) is 0 Å². The molecule has 2 aromatic carbocycles. The maximum absolute atomic E-state index is 11.9. The summed E-state index contributed by atoms with van der Waals surface area (Å²) in [5, 5.41) is 7.10. The number of amides is 2. The van der Waals surface area contributed by atoms with Gasteiger partial charge in [0, 0.05) is 36.7 Å². The highest BCUT2D eigenvalue weighted by molar-refractivity contribution is 5.85. The van der Waals surface area contributed by atoms with E-state index >= 15 is 0 Å². The fourth-order valence-corrected chi connectivity index (χ4v) is 3.06. The molecule has 0 bridgehead atoms. The number of para-hydroxylation sites is 1. The maximum atomic E-state index is 11.9. The van der Waals surface area contributed by atoms with Crippen LogP contribution in [0.1, 0.15) is 16.8 Å². The molecule has 3 rings (SSSR count). The van der Waals surface area contributed by atoms with Crippen LogP contribution < -0.4 is 10.6 Å². The molecule has 3 aromatic rings. The molecule has 0 saturated heterocycles. The van der Waals surface area contributed by atoms with E-state index < -0.39 is 0 Å². The van der Waals surface area contributed by atoms with Gasteiger partial charge in [-0.3, -0.25) is 0 Å². The molecule has 0 aliphatic carbocycles. The van der Waals surface area contributed by atoms with Crippen LogP contribution in [0.2, 0.25) is 0 Å². The molecule has 1 heterocycles. The number of benzene rings is 2. The Labute approximate surface area is 142 Å². The number of carbonyl (C=O) groups is 1. The molecule has 0 spiro atoms. The summed E-state index contributed by atoms with van der Waals surface area (Å²) in [6.07, 6.45) is 0.825. The normalized spacial score (nSPS) is 10.8. The zero-order chi connectivity index (χ0) is 16.9. The van der Waals surface area contributed by atoms with E-state index in [9.17, 15) is 4.79 Å². The first-order chi connectivity index (χ1) is 11.7. The monoisotopic (exact) mass is 321 g/mol. The third kappa shape index (κ3) is 3.43. The van der Waals surface area contributed by atoms with Gasteiger partial charge in [-0.2, -0.15) is 0 Å². The molecule has 1 aromatic heterocycles. The van der Waals surface area contributed by atoms with Gasteiger partial charge >= 0.3 is 6.03 Å². The van der Waals surface area contributed by atoms with Crippen LogP contribution in [0.5, 0.6) is 0 Å². The smallest absolute Gasteiger partial charge is 0.315 e. The number of urea groups is 1. The Morgan fingerprint density at radius 3 is 2.50 bits per heavy atom. The third-order valence-electron chi connectivity index (χ3n) is 4.49. The van der Waals surface area contributed by atoms with E-state index in [1.807, 2.05) is 30.3 Å². The summed E-state index contributed by atoms with van der Waals surface area (Å²) >= 11 is 0. The highest BCUT2D eigenvalue weighted by Crippen LogP contribution is 2.24. The van der Waals surface area contributed by atoms with Crippen LogP contribution in [-0.4, -0.2) is 17.1 Å². The molecule has 0 unspecified atom stereocenters. The third-order valence-corrected chi connectivity index (χ3v) is 4.49. The van der Waals surface area contributed by atoms with Gasteiger partial charge in [0.2, 0.25) is 0 Å². The molecule has 124 valence electrons. The van der Waals surface area contributed by atoms with Crippen molar-refractivity contribution in [2.45, 2.75) is 19.9 Å². The molecule has 24 heavy (non-hydrogen) atoms. The molecular weight excluding hydrogens is 298 g/mol. The summed E-state index contributed by atoms with van der Waals surface area (Å²) in [5.74, 6) is 0. The fraction of sp³-hybridized carbons (Fsp3) is 0.250. The lowest BCUT2D eigenvalue weighted by Gasteiger charge is -2.08. The summed E-state index contributed by atoms with van der Waals surface area (Å²) in [4.78, 5) is 11.9. The van der Waals surface area contributed by atoms with Crippen molar-refractivity contribution in [2.75, 3.05) is 6.54 Å². The van der Waals surface area contributed by atoms with E-state index in [0.717, 1.165) is 12.0 Å². The Hall–Kier alpha value is -2.75. The fourth-order valence-electron chi connectivity index (χ4n) is 3.06. The maximum Gasteiger partial charge on any atom is 0.315 e. The summed E-state index contributed by atoms with van der Waals surface area (Å²) < 4.78 is 2.21. The average molecular weight is 321 g/mol. The van der Waals surface area contributed by atoms with Crippen molar-refractivity contribution < 1.29 is 4.79 Å². The highest BCUT2D eigenvalue weighted by Gasteiger charge is 2.11. The first-order valence-electron chi connectivity index (χ1n) is 8.25. The van der Waals surface area contributed by atoms with Gasteiger partial charge in [-0.25, -0.2) is 4.79 Å². The number of aromatic nitrogens is 1. The summed E-state index contributed by atoms with van der Waals surface area (Å²) in [7, 11) is 2.08. The molecular formula is C20H23N3O. The van der Waals surface area contributed by atoms with Crippen LogP contribution >= 0.6 is 0 Å². The first-order valence-corrected chi connectivity index (χ1v) is 8.25. The SMILES string of the molecule is Cc1c(CCNC(=O)NCc2ccccc2)c2ccccc2n1C. The lowest BCUT2D eigenvalue weighted by Crippen LogP contribution is -2.36. The Morgan fingerprint density at radius 1 is 1.00 bits per heavy atom. The van der Waals surface area contributed by atoms with Gasteiger partial charge in [-0.05, 0) is 30.5 Å². The van der Waals surface area contributed by atoms with Crippen LogP contribution in [0.25, 0.3) is 10.9 Å². The van der Waals surface area contributed by atoms with Crippen molar-refractivity contribution in [1.82, 2.24) is 15.2 Å². The Bertz CT molecular complexity index is 837. The summed E-state index contributed by atoms with van der Waals surface area (Å²) in [5.41, 5.74) is 4.88. The number of carbonyl (C=O) groups excluding carboxylic acids is 1. The van der Waals surface area contributed by atoms with Crippen molar-refractivity contribution in [3.05, 3.63) is 71.4 Å². The average Bonchev–Trinajstić information content (AvgIpc) is 2.86. The van der Waals surface area contributed by atoms with Crippen LogP contribution in [0.15, 0.2) is 54.6 Å². The second-order valence-corrected chi connectivity index (χ2v) is 5.99. The Kier molecular flexibility index (Phi) is 4.85. The number of aryl methyl sites for hydroxylation is 1. The highest BCUT2D eigenvalue weighted by atomic mass is 16.2. The number of hydrogen-bond donors (Lipinski definition) is 2. The van der Waals surface area contributed by atoms with Gasteiger partial charge in [0.1, 0.15) is 0 Å². The zero-order valence-electron chi connectivity index (χ0n) is 14.2. The summed E-state index contributed by atoms with van der Waals surface area (Å²) in [6, 6.07) is 18.2. The molecule has 0 radical (unpaired) electrons. The number of rotatable bonds is 5. The molecule has 2 amide bonds. The lowest BCUT2D eigenvalue weighted by molar-refractivity contribution is 0.240. The van der Waals surface area contributed by atoms with Gasteiger partial charge in [0.25, 0.3) is 0 Å². The number of fused-ring (bicyclic) bond motifs is 1. The van der Waals surface area contributed by atoms with Crippen molar-refractivity contribution in [3.8, 4) is 0 Å². The Morgan fingerprint density at radius 2 is 1.71 bits per heavy atom. The molecule has 4 heteroatoms. The first kappa shape index (κ1) is 16.1. The molecule has 0 fully saturated rings. The molecule has 0 aliphatic rings. The van der Waals surface area contributed by atoms with E-state index in [2.05, 4.69) is 53.4 Å². The van der Waals surface area contributed by atoms with Gasteiger partial charge in [-0.15, -0.1) is 0 Å². The minimum absolute atomic E-state index is 0.128. The number of hydrogen-bond acceptors (Lipinski definition) is 1. The second-order valence-electron chi connectivity index (χ2n) is 5.99. The predicted molar refractivity (Wildman–Crippen MR) is 98.0 cm³/mol. The van der Waals surface area contributed by atoms with Crippen molar-refractivity contribution in [1.29, 1.82) is 0 Å². The number of nitrogens with zero attached hydrogens (tertiary/aromatic N) is 1. The predicted octanol–water partition coefficient (Wildman–Crippen LogP) is 3.53. The minimum Gasteiger partial charge on any atom is -0.348 e. The Balaban J connectivity index is 1.55. The van der Waals surface area contributed by atoms with E-state index in [1.165, 1.54) is 22.2 Å². The quantitative estimate of drug-likeness (QED) is 0.742. The molecule has 2 N–H and O–H groups in total. The van der Waals surface area contributed by atoms with E-state index in [-0.39, 0.29) is 6.03 Å². The molecule has 0 atom stereocenters. The number of nitrogens with one attached hydrogen (secondary N) is 2. The molecule has 0 saturated carbocycles. The van der Waals surface area contributed by atoms with E-state index in [0.29, 0.717) is 13.1 Å². The van der Waals surface area contributed by atoms with Crippen LogP contribution in [0.4, 0.5) is 4.79 Å². The van der Waals surface area contributed by atoms with Crippen molar-refractivity contribution >= 4 is 16.9 Å². The summed E-state index contributed by atoms with van der Waals surface area (Å²) in [6.45, 7) is 3.29. The van der Waals surface area contributed by atoms with Crippen LogP contribution in [0.3, 0.4) is 0 Å². The lowest BCUT2D eigenvalue weighted by atomic mass is 10.1. The largest absolute Gasteiger partial charge is 0.348 e. The minimum atomic E-state index is -0.128. The van der Waals surface area contributed by atoms with Crippen LogP contribution in [-0.2, 0) is 20.0 Å². The molecule has 4 nitrogen and oxygen atoms in total. The zero-order valence-corrected chi connectivity index (χ0v) is 14.2. The van der Waals surface area contributed by atoms with Gasteiger partial charge in [-0.1, -0.05) is 48.5 Å². The van der Waals surface area contributed by atoms with Crippen molar-refractivity contribution in [2.24, 2.45) is 7.05 Å². The van der Waals surface area contributed by atoms with Gasteiger partial charge in [0.15, 0.2) is 0 Å². The standard InChI is InChI=1S/C20H23N3O/c1-15-17(18-10-6-7-11-19(18)23(15)2)12-13-21-20(24)22-14-16-8-4-3-5-9-16/h3-11H,12-14H2,1-2H3,(H2,21,22,24). The molecule has 0 aliphatic heterocycles. The van der Waals surface area contributed by atoms with E-state index in [1.54, 1.807) is 0 Å². The second kappa shape index (κ2) is 7.21. The van der Waals surface area contributed by atoms with Crippen LogP contribution in [0, 0.1) is 6.92 Å². The van der Waals surface area contributed by atoms with Gasteiger partial charge < -0.3 is 15.2 Å². The van der Waals surface area contributed by atoms with Gasteiger partial charge in [0.05, 0.1) is 0 Å². The van der Waals surface area contributed by atoms with Crippen molar-refractivity contribution in [3.63, 3.8) is 0 Å². The topological polar surface area (TPSA) is 46.1 Å².